The predicted octanol–water partition coefficient (Wildman–Crippen LogP) is 3.34. The normalized spacial score (nSPS) is 15.9. The maximum absolute atomic E-state index is 12.7. The molecule has 0 aromatic heterocycles. The van der Waals surface area contributed by atoms with Gasteiger partial charge in [-0.15, -0.1) is 0 Å². The highest BCUT2D eigenvalue weighted by atomic mass is 16.5. The molecule has 1 aliphatic heterocycles. The summed E-state index contributed by atoms with van der Waals surface area (Å²) in [5.74, 6) is 1.07. The van der Waals surface area contributed by atoms with Gasteiger partial charge in [-0.3, -0.25) is 4.79 Å². The Kier molecular flexibility index (Phi) is 5.80. The Morgan fingerprint density at radius 3 is 2.44 bits per heavy atom. The van der Waals surface area contributed by atoms with Gasteiger partial charge < -0.3 is 25.0 Å². The highest BCUT2D eigenvalue weighted by Crippen LogP contribution is 2.26. The number of benzene rings is 2. The number of anilines is 2. The molecule has 1 saturated heterocycles. The number of rotatable bonds is 5. The third-order valence-corrected chi connectivity index (χ3v) is 4.52. The summed E-state index contributed by atoms with van der Waals surface area (Å²) in [6, 6.07) is 13.4. The summed E-state index contributed by atoms with van der Waals surface area (Å²) >= 11 is 0. The van der Waals surface area contributed by atoms with Crippen LogP contribution in [-0.2, 0) is 4.79 Å². The Hall–Kier alpha value is -3.22. The van der Waals surface area contributed by atoms with Gasteiger partial charge in [0, 0.05) is 12.2 Å². The summed E-state index contributed by atoms with van der Waals surface area (Å²) in [4.78, 5) is 26.9. The van der Waals surface area contributed by atoms with E-state index in [4.69, 9.17) is 9.47 Å². The quantitative estimate of drug-likeness (QED) is 0.847. The third-order valence-electron chi connectivity index (χ3n) is 4.52. The van der Waals surface area contributed by atoms with Crippen LogP contribution in [0.4, 0.5) is 16.2 Å². The number of amides is 3. The Bertz CT molecular complexity index is 807. The molecule has 2 aromatic rings. The summed E-state index contributed by atoms with van der Waals surface area (Å²) in [6.45, 7) is 0.534. The van der Waals surface area contributed by atoms with Crippen LogP contribution in [0.5, 0.6) is 11.5 Å². The lowest BCUT2D eigenvalue weighted by molar-refractivity contribution is -0.119. The molecule has 7 heteroatoms. The van der Waals surface area contributed by atoms with Crippen molar-refractivity contribution in [2.75, 3.05) is 31.4 Å². The lowest BCUT2D eigenvalue weighted by Gasteiger charge is -2.24. The van der Waals surface area contributed by atoms with Crippen molar-refractivity contribution in [2.45, 2.75) is 18.9 Å². The molecule has 0 saturated carbocycles. The van der Waals surface area contributed by atoms with Gasteiger partial charge in [0.2, 0.25) is 5.91 Å². The predicted molar refractivity (Wildman–Crippen MR) is 103 cm³/mol. The summed E-state index contributed by atoms with van der Waals surface area (Å²) < 4.78 is 10.4. The van der Waals surface area contributed by atoms with E-state index in [1.807, 2.05) is 12.1 Å². The molecule has 7 nitrogen and oxygen atoms in total. The number of nitrogens with zero attached hydrogens (tertiary/aromatic N) is 1. The molecule has 3 rings (SSSR count). The fraction of sp³-hybridized carbons (Fsp3) is 0.300. The molecular weight excluding hydrogens is 346 g/mol. The second-order valence-corrected chi connectivity index (χ2v) is 6.20. The third kappa shape index (κ3) is 4.31. The summed E-state index contributed by atoms with van der Waals surface area (Å²) in [6.07, 6.45) is 1.40. The van der Waals surface area contributed by atoms with Crippen molar-refractivity contribution < 1.29 is 19.1 Å². The van der Waals surface area contributed by atoms with E-state index in [-0.39, 0.29) is 11.9 Å². The lowest BCUT2D eigenvalue weighted by atomic mass is 10.2. The van der Waals surface area contributed by atoms with Crippen LogP contribution >= 0.6 is 0 Å². The number of hydrogen-bond acceptors (Lipinski definition) is 4. The van der Waals surface area contributed by atoms with Crippen LogP contribution in [0.15, 0.2) is 48.5 Å². The summed E-state index contributed by atoms with van der Waals surface area (Å²) in [7, 11) is 3.14. The Morgan fingerprint density at radius 2 is 1.74 bits per heavy atom. The van der Waals surface area contributed by atoms with Crippen molar-refractivity contribution in [3.05, 3.63) is 48.5 Å². The van der Waals surface area contributed by atoms with Crippen LogP contribution in [0.1, 0.15) is 12.8 Å². The van der Waals surface area contributed by atoms with Crippen LogP contribution in [0.2, 0.25) is 0 Å². The molecule has 2 aromatic carbocycles. The van der Waals surface area contributed by atoms with E-state index in [0.717, 1.165) is 6.42 Å². The molecule has 1 heterocycles. The largest absolute Gasteiger partial charge is 0.497 e. The van der Waals surface area contributed by atoms with Crippen molar-refractivity contribution >= 4 is 23.3 Å². The van der Waals surface area contributed by atoms with E-state index in [9.17, 15) is 9.59 Å². The van der Waals surface area contributed by atoms with E-state index in [0.29, 0.717) is 35.8 Å². The van der Waals surface area contributed by atoms with Crippen molar-refractivity contribution in [2.24, 2.45) is 0 Å². The molecule has 27 heavy (non-hydrogen) atoms. The van der Waals surface area contributed by atoms with Gasteiger partial charge in [-0.05, 0) is 49.2 Å². The monoisotopic (exact) mass is 369 g/mol. The zero-order valence-electron chi connectivity index (χ0n) is 15.4. The van der Waals surface area contributed by atoms with Gasteiger partial charge in [-0.25, -0.2) is 4.79 Å². The Balaban J connectivity index is 1.66. The molecule has 3 amide bonds. The average molecular weight is 369 g/mol. The SMILES string of the molecule is COc1ccc(NC(=O)N2CCC[C@H]2C(=O)Nc2ccccc2OC)cc1. The zero-order chi connectivity index (χ0) is 19.2. The molecule has 0 aliphatic carbocycles. The maximum atomic E-state index is 12.7. The van der Waals surface area contributed by atoms with Crippen molar-refractivity contribution in [3.63, 3.8) is 0 Å². The van der Waals surface area contributed by atoms with E-state index in [1.54, 1.807) is 55.5 Å². The molecular formula is C20H23N3O4. The molecule has 2 N–H and O–H groups in total. The number of para-hydroxylation sites is 2. The fourth-order valence-electron chi connectivity index (χ4n) is 3.12. The first-order chi connectivity index (χ1) is 13.1. The van der Waals surface area contributed by atoms with Gasteiger partial charge in [-0.1, -0.05) is 12.1 Å². The molecule has 1 fully saturated rings. The van der Waals surface area contributed by atoms with Crippen LogP contribution in [0.25, 0.3) is 0 Å². The minimum Gasteiger partial charge on any atom is -0.497 e. The summed E-state index contributed by atoms with van der Waals surface area (Å²) in [5, 5.41) is 5.70. The standard InChI is InChI=1S/C20H23N3O4/c1-26-15-11-9-14(10-12-15)21-20(25)23-13-5-7-17(23)19(24)22-16-6-3-4-8-18(16)27-2/h3-4,6,8-12,17H,5,7,13H2,1-2H3,(H,21,25)(H,22,24)/t17-/m0/s1. The smallest absolute Gasteiger partial charge is 0.322 e. The van der Waals surface area contributed by atoms with Crippen molar-refractivity contribution in [1.82, 2.24) is 4.90 Å². The van der Waals surface area contributed by atoms with Gasteiger partial charge >= 0.3 is 6.03 Å². The second kappa shape index (κ2) is 8.44. The molecule has 1 aliphatic rings. The van der Waals surface area contributed by atoms with E-state index in [1.165, 1.54) is 0 Å². The zero-order valence-corrected chi connectivity index (χ0v) is 15.4. The number of carbonyl (C=O) groups excluding carboxylic acids is 2. The van der Waals surface area contributed by atoms with Crippen LogP contribution in [0, 0.1) is 0 Å². The Labute approximate surface area is 158 Å². The summed E-state index contributed by atoms with van der Waals surface area (Å²) in [5.41, 5.74) is 1.24. The van der Waals surface area contributed by atoms with Crippen molar-refractivity contribution in [3.8, 4) is 11.5 Å². The first-order valence-electron chi connectivity index (χ1n) is 8.78. The van der Waals surface area contributed by atoms with E-state index >= 15 is 0 Å². The molecule has 142 valence electrons. The first kappa shape index (κ1) is 18.6. The minimum absolute atomic E-state index is 0.220. The fourth-order valence-corrected chi connectivity index (χ4v) is 3.12. The van der Waals surface area contributed by atoms with E-state index < -0.39 is 6.04 Å². The molecule has 0 unspecified atom stereocenters. The Morgan fingerprint density at radius 1 is 1.00 bits per heavy atom. The van der Waals surface area contributed by atoms with Gasteiger partial charge in [0.25, 0.3) is 0 Å². The van der Waals surface area contributed by atoms with Crippen molar-refractivity contribution in [1.29, 1.82) is 0 Å². The van der Waals surface area contributed by atoms with Crippen LogP contribution in [0.3, 0.4) is 0 Å². The number of nitrogens with one attached hydrogen (secondary N) is 2. The van der Waals surface area contributed by atoms with Crippen LogP contribution < -0.4 is 20.1 Å². The van der Waals surface area contributed by atoms with Gasteiger partial charge in [-0.2, -0.15) is 0 Å². The number of carbonyl (C=O) groups is 2. The molecule has 1 atom stereocenters. The maximum Gasteiger partial charge on any atom is 0.322 e. The van der Waals surface area contributed by atoms with E-state index in [2.05, 4.69) is 10.6 Å². The number of methoxy groups -OCH3 is 2. The lowest BCUT2D eigenvalue weighted by Crippen LogP contribution is -2.45. The average Bonchev–Trinajstić information content (AvgIpc) is 3.19. The first-order valence-corrected chi connectivity index (χ1v) is 8.78. The van der Waals surface area contributed by atoms with Crippen LogP contribution in [-0.4, -0.2) is 43.6 Å². The second-order valence-electron chi connectivity index (χ2n) is 6.20. The topological polar surface area (TPSA) is 79.9 Å². The highest BCUT2D eigenvalue weighted by molar-refractivity contribution is 6.00. The number of urea groups is 1. The van der Waals surface area contributed by atoms with Gasteiger partial charge in [0.1, 0.15) is 17.5 Å². The highest BCUT2D eigenvalue weighted by Gasteiger charge is 2.34. The van der Waals surface area contributed by atoms with Gasteiger partial charge in [0.05, 0.1) is 19.9 Å². The number of likely N-dealkylation sites (tertiary alicyclic amines) is 1. The molecule has 0 spiro atoms. The molecule has 0 bridgehead atoms. The molecule has 0 radical (unpaired) electrons. The number of hydrogen-bond donors (Lipinski definition) is 2. The minimum atomic E-state index is -0.520. The van der Waals surface area contributed by atoms with Gasteiger partial charge in [0.15, 0.2) is 0 Å². The number of ether oxygens (including phenoxy) is 2.